The van der Waals surface area contributed by atoms with Gasteiger partial charge in [0.25, 0.3) is 0 Å². The molecule has 0 spiro atoms. The summed E-state index contributed by atoms with van der Waals surface area (Å²) in [6.07, 6.45) is 1.47. The van der Waals surface area contributed by atoms with Crippen LogP contribution in [0.5, 0.6) is 0 Å². The highest BCUT2D eigenvalue weighted by atomic mass is 16.7. The highest BCUT2D eigenvalue weighted by Crippen LogP contribution is 2.25. The molecule has 1 saturated heterocycles. The van der Waals surface area contributed by atoms with Crippen molar-refractivity contribution >= 4 is 0 Å². The van der Waals surface area contributed by atoms with Gasteiger partial charge in [0, 0.05) is 26.1 Å². The van der Waals surface area contributed by atoms with Crippen molar-refractivity contribution in [2.75, 3.05) is 26.4 Å². The lowest BCUT2D eigenvalue weighted by Gasteiger charge is -2.25. The van der Waals surface area contributed by atoms with Crippen LogP contribution in [0.3, 0.4) is 0 Å². The van der Waals surface area contributed by atoms with Crippen LogP contribution in [0, 0.1) is 0 Å². The molecule has 1 aliphatic rings. The Labute approximate surface area is 91.8 Å². The van der Waals surface area contributed by atoms with E-state index in [0.717, 1.165) is 12.8 Å². The summed E-state index contributed by atoms with van der Waals surface area (Å²) in [5, 5.41) is 0. The molecule has 1 fully saturated rings. The van der Waals surface area contributed by atoms with Crippen molar-refractivity contribution in [2.24, 2.45) is 0 Å². The number of rotatable bonds is 7. The van der Waals surface area contributed by atoms with Gasteiger partial charge in [-0.1, -0.05) is 0 Å². The van der Waals surface area contributed by atoms with Crippen LogP contribution >= 0.6 is 0 Å². The highest BCUT2D eigenvalue weighted by Gasteiger charge is 2.31. The van der Waals surface area contributed by atoms with E-state index in [1.165, 1.54) is 0 Å². The molecule has 1 heterocycles. The summed E-state index contributed by atoms with van der Waals surface area (Å²) in [7, 11) is 0. The van der Waals surface area contributed by atoms with E-state index in [4.69, 9.17) is 18.9 Å². The van der Waals surface area contributed by atoms with Gasteiger partial charge < -0.3 is 18.9 Å². The Morgan fingerprint density at radius 2 is 1.67 bits per heavy atom. The molecule has 0 amide bonds. The molecule has 15 heavy (non-hydrogen) atoms. The Hall–Kier alpha value is -0.160. The largest absolute Gasteiger partial charge is 0.353 e. The number of ether oxygens (including phenoxy) is 4. The molecule has 4 nitrogen and oxygen atoms in total. The SMILES string of the molecule is CCOC(CCC1(C)OCCO1)OCC. The van der Waals surface area contributed by atoms with Crippen LogP contribution in [0.4, 0.5) is 0 Å². The molecule has 4 heteroatoms. The van der Waals surface area contributed by atoms with Crippen LogP contribution in [0.15, 0.2) is 0 Å². The van der Waals surface area contributed by atoms with Crippen molar-refractivity contribution in [1.29, 1.82) is 0 Å². The fourth-order valence-electron chi connectivity index (χ4n) is 1.67. The monoisotopic (exact) mass is 218 g/mol. The predicted octanol–water partition coefficient (Wildman–Crippen LogP) is 1.93. The Morgan fingerprint density at radius 3 is 2.13 bits per heavy atom. The first-order chi connectivity index (χ1) is 7.20. The van der Waals surface area contributed by atoms with Crippen molar-refractivity contribution in [3.63, 3.8) is 0 Å². The second-order valence-corrected chi connectivity index (χ2v) is 3.71. The van der Waals surface area contributed by atoms with Crippen LogP contribution in [0.2, 0.25) is 0 Å². The summed E-state index contributed by atoms with van der Waals surface area (Å²) in [6.45, 7) is 8.61. The summed E-state index contributed by atoms with van der Waals surface area (Å²) in [5.74, 6) is -0.438. The van der Waals surface area contributed by atoms with Crippen molar-refractivity contribution in [3.05, 3.63) is 0 Å². The van der Waals surface area contributed by atoms with Crippen molar-refractivity contribution in [3.8, 4) is 0 Å². The molecular formula is C11H22O4. The van der Waals surface area contributed by atoms with E-state index in [9.17, 15) is 0 Å². The summed E-state index contributed by atoms with van der Waals surface area (Å²) in [5.41, 5.74) is 0. The minimum atomic E-state index is -0.438. The second-order valence-electron chi connectivity index (χ2n) is 3.71. The van der Waals surface area contributed by atoms with Crippen molar-refractivity contribution in [1.82, 2.24) is 0 Å². The first-order valence-corrected chi connectivity index (χ1v) is 5.71. The van der Waals surface area contributed by atoms with Crippen molar-refractivity contribution in [2.45, 2.75) is 45.7 Å². The molecule has 90 valence electrons. The average molecular weight is 218 g/mol. The van der Waals surface area contributed by atoms with E-state index < -0.39 is 5.79 Å². The van der Waals surface area contributed by atoms with Gasteiger partial charge in [-0.05, 0) is 20.8 Å². The Kier molecular flexibility index (Phi) is 5.53. The minimum Gasteiger partial charge on any atom is -0.353 e. The van der Waals surface area contributed by atoms with Gasteiger partial charge in [0.2, 0.25) is 0 Å². The van der Waals surface area contributed by atoms with Crippen LogP contribution in [0.25, 0.3) is 0 Å². The molecule has 0 aromatic heterocycles. The highest BCUT2D eigenvalue weighted by molar-refractivity contribution is 4.68. The zero-order chi connectivity index (χ0) is 11.1. The maximum absolute atomic E-state index is 5.51. The summed E-state index contributed by atoms with van der Waals surface area (Å²) in [6, 6.07) is 0. The van der Waals surface area contributed by atoms with Crippen molar-refractivity contribution < 1.29 is 18.9 Å². The molecule has 0 aliphatic carbocycles. The van der Waals surface area contributed by atoms with Gasteiger partial charge in [0.1, 0.15) is 0 Å². The van der Waals surface area contributed by atoms with E-state index in [1.54, 1.807) is 0 Å². The van der Waals surface area contributed by atoms with Crippen LogP contribution in [-0.4, -0.2) is 38.5 Å². The summed E-state index contributed by atoms with van der Waals surface area (Å²) < 4.78 is 21.9. The normalized spacial score (nSPS) is 20.0. The summed E-state index contributed by atoms with van der Waals surface area (Å²) >= 11 is 0. The third-order valence-electron chi connectivity index (χ3n) is 2.44. The van der Waals surface area contributed by atoms with E-state index in [0.29, 0.717) is 26.4 Å². The van der Waals surface area contributed by atoms with Gasteiger partial charge in [-0.3, -0.25) is 0 Å². The molecule has 0 atom stereocenters. The molecule has 0 aromatic rings. The predicted molar refractivity (Wildman–Crippen MR) is 56.6 cm³/mol. The zero-order valence-electron chi connectivity index (χ0n) is 9.95. The van der Waals surface area contributed by atoms with E-state index >= 15 is 0 Å². The molecule has 0 unspecified atom stereocenters. The molecule has 0 radical (unpaired) electrons. The van der Waals surface area contributed by atoms with Crippen LogP contribution < -0.4 is 0 Å². The Morgan fingerprint density at radius 1 is 1.13 bits per heavy atom. The third-order valence-corrected chi connectivity index (χ3v) is 2.44. The lowest BCUT2D eigenvalue weighted by Crippen LogP contribution is -2.29. The van der Waals surface area contributed by atoms with Gasteiger partial charge >= 0.3 is 0 Å². The lowest BCUT2D eigenvalue weighted by atomic mass is 10.1. The molecular weight excluding hydrogens is 196 g/mol. The Bertz CT molecular complexity index is 160. The second kappa shape index (κ2) is 6.43. The maximum Gasteiger partial charge on any atom is 0.165 e. The first kappa shape index (κ1) is 12.9. The standard InChI is InChI=1S/C11H22O4/c1-4-12-10(13-5-2)6-7-11(3)14-8-9-15-11/h10H,4-9H2,1-3H3. The molecule has 1 aliphatic heterocycles. The molecule has 0 bridgehead atoms. The van der Waals surface area contributed by atoms with E-state index in [1.807, 2.05) is 20.8 Å². The molecule has 0 aromatic carbocycles. The molecule has 0 N–H and O–H groups in total. The van der Waals surface area contributed by atoms with Crippen LogP contribution in [-0.2, 0) is 18.9 Å². The number of hydrogen-bond acceptors (Lipinski definition) is 4. The van der Waals surface area contributed by atoms with Gasteiger partial charge in [-0.15, -0.1) is 0 Å². The smallest absolute Gasteiger partial charge is 0.165 e. The average Bonchev–Trinajstić information content (AvgIpc) is 2.63. The third kappa shape index (κ3) is 4.47. The van der Waals surface area contributed by atoms with Crippen LogP contribution in [0.1, 0.15) is 33.6 Å². The van der Waals surface area contributed by atoms with Gasteiger partial charge in [0.15, 0.2) is 12.1 Å². The quantitative estimate of drug-likeness (QED) is 0.612. The first-order valence-electron chi connectivity index (χ1n) is 5.71. The lowest BCUT2D eigenvalue weighted by molar-refractivity contribution is -0.180. The van der Waals surface area contributed by atoms with Gasteiger partial charge in [0.05, 0.1) is 13.2 Å². The molecule has 1 rings (SSSR count). The van der Waals surface area contributed by atoms with Gasteiger partial charge in [-0.2, -0.15) is 0 Å². The summed E-state index contributed by atoms with van der Waals surface area (Å²) in [4.78, 5) is 0. The Balaban J connectivity index is 2.25. The maximum atomic E-state index is 5.51. The fraction of sp³-hybridized carbons (Fsp3) is 1.00. The van der Waals surface area contributed by atoms with E-state index in [-0.39, 0.29) is 6.29 Å². The topological polar surface area (TPSA) is 36.9 Å². The molecule has 0 saturated carbocycles. The van der Waals surface area contributed by atoms with E-state index in [2.05, 4.69) is 0 Å². The number of hydrogen-bond donors (Lipinski definition) is 0. The fourth-order valence-corrected chi connectivity index (χ4v) is 1.67. The zero-order valence-corrected chi connectivity index (χ0v) is 9.95. The minimum absolute atomic E-state index is 0.135. The van der Waals surface area contributed by atoms with Gasteiger partial charge in [-0.25, -0.2) is 0 Å².